The molecule has 2 N–H and O–H groups in total. The van der Waals surface area contributed by atoms with Crippen LogP contribution < -0.4 is 5.32 Å². The second kappa shape index (κ2) is 7.96. The minimum Gasteiger partial charge on any atom is -0.331 e. The van der Waals surface area contributed by atoms with Gasteiger partial charge >= 0.3 is 0 Å². The SMILES string of the molecule is Cc1ccc(-c2nc(C[NH2+][C@H](c3ccccc3)c3cccs3)cs2)cc1. The first-order valence-electron chi connectivity index (χ1n) is 8.73. The number of hydrogen-bond donors (Lipinski definition) is 1. The van der Waals surface area contributed by atoms with Gasteiger partial charge in [-0.1, -0.05) is 66.2 Å². The van der Waals surface area contributed by atoms with Crippen LogP contribution in [0.2, 0.25) is 0 Å². The number of benzene rings is 2. The highest BCUT2D eigenvalue weighted by molar-refractivity contribution is 7.13. The molecular formula is C22H21N2S2+. The molecule has 0 fully saturated rings. The van der Waals surface area contributed by atoms with E-state index in [2.05, 4.69) is 89.7 Å². The molecule has 0 unspecified atom stereocenters. The summed E-state index contributed by atoms with van der Waals surface area (Å²) >= 11 is 3.54. The Morgan fingerprint density at radius 3 is 2.46 bits per heavy atom. The fourth-order valence-electron chi connectivity index (χ4n) is 3.01. The number of hydrogen-bond acceptors (Lipinski definition) is 3. The first-order valence-corrected chi connectivity index (χ1v) is 10.5. The van der Waals surface area contributed by atoms with Gasteiger partial charge in [0, 0.05) is 16.5 Å². The Balaban J connectivity index is 1.51. The number of aromatic nitrogens is 1. The van der Waals surface area contributed by atoms with Crippen LogP contribution in [-0.4, -0.2) is 4.98 Å². The summed E-state index contributed by atoms with van der Waals surface area (Å²) in [6.07, 6.45) is 0. The van der Waals surface area contributed by atoms with Gasteiger partial charge in [0.2, 0.25) is 0 Å². The highest BCUT2D eigenvalue weighted by Crippen LogP contribution is 2.25. The van der Waals surface area contributed by atoms with E-state index in [0.717, 1.165) is 17.2 Å². The zero-order valence-corrected chi connectivity index (χ0v) is 16.3. The molecule has 0 amide bonds. The minimum absolute atomic E-state index is 0.320. The third-order valence-electron chi connectivity index (χ3n) is 4.42. The molecule has 4 aromatic rings. The Bertz CT molecular complexity index is 942. The van der Waals surface area contributed by atoms with Crippen molar-refractivity contribution in [2.75, 3.05) is 0 Å². The monoisotopic (exact) mass is 377 g/mol. The first-order chi connectivity index (χ1) is 12.8. The highest BCUT2D eigenvalue weighted by Gasteiger charge is 2.19. The van der Waals surface area contributed by atoms with Crippen molar-refractivity contribution in [2.45, 2.75) is 19.5 Å². The molecule has 0 radical (unpaired) electrons. The lowest BCUT2D eigenvalue weighted by Gasteiger charge is -2.14. The van der Waals surface area contributed by atoms with Crippen molar-refractivity contribution < 1.29 is 5.32 Å². The molecule has 0 saturated heterocycles. The van der Waals surface area contributed by atoms with E-state index in [1.165, 1.54) is 21.6 Å². The summed E-state index contributed by atoms with van der Waals surface area (Å²) in [4.78, 5) is 6.23. The summed E-state index contributed by atoms with van der Waals surface area (Å²) in [5.74, 6) is 0. The summed E-state index contributed by atoms with van der Waals surface area (Å²) in [6, 6.07) is 24.0. The molecule has 4 heteroatoms. The number of nitrogens with zero attached hydrogens (tertiary/aromatic N) is 1. The van der Waals surface area contributed by atoms with Gasteiger partial charge in [-0.2, -0.15) is 0 Å². The number of thiazole rings is 1. The molecule has 4 rings (SSSR count). The molecule has 2 aromatic heterocycles. The predicted molar refractivity (Wildman–Crippen MR) is 111 cm³/mol. The van der Waals surface area contributed by atoms with Crippen LogP contribution in [-0.2, 0) is 6.54 Å². The minimum atomic E-state index is 0.320. The summed E-state index contributed by atoms with van der Waals surface area (Å²) in [5, 5.41) is 7.81. The lowest BCUT2D eigenvalue weighted by Crippen LogP contribution is -2.83. The van der Waals surface area contributed by atoms with E-state index in [9.17, 15) is 0 Å². The van der Waals surface area contributed by atoms with Gasteiger partial charge in [0.05, 0.1) is 4.88 Å². The Kier molecular flexibility index (Phi) is 5.25. The van der Waals surface area contributed by atoms with Crippen molar-refractivity contribution in [3.05, 3.63) is 99.2 Å². The highest BCUT2D eigenvalue weighted by atomic mass is 32.1. The quantitative estimate of drug-likeness (QED) is 0.501. The van der Waals surface area contributed by atoms with Crippen LogP contribution in [0.1, 0.15) is 27.7 Å². The van der Waals surface area contributed by atoms with Gasteiger partial charge in [0.1, 0.15) is 23.3 Å². The lowest BCUT2D eigenvalue weighted by atomic mass is 10.1. The maximum Gasteiger partial charge on any atom is 0.147 e. The molecule has 1 atom stereocenters. The van der Waals surface area contributed by atoms with Crippen molar-refractivity contribution in [1.29, 1.82) is 0 Å². The van der Waals surface area contributed by atoms with Crippen molar-refractivity contribution >= 4 is 22.7 Å². The largest absolute Gasteiger partial charge is 0.331 e. The van der Waals surface area contributed by atoms with Gasteiger partial charge in [-0.25, -0.2) is 4.98 Å². The summed E-state index contributed by atoms with van der Waals surface area (Å²) in [6.45, 7) is 2.99. The Hall–Kier alpha value is -2.27. The normalized spacial score (nSPS) is 12.2. The van der Waals surface area contributed by atoms with E-state index < -0.39 is 0 Å². The molecular weight excluding hydrogens is 356 g/mol. The number of nitrogens with two attached hydrogens (primary N) is 1. The summed E-state index contributed by atoms with van der Waals surface area (Å²) in [7, 11) is 0. The Morgan fingerprint density at radius 2 is 1.73 bits per heavy atom. The third-order valence-corrected chi connectivity index (χ3v) is 6.32. The number of thiophene rings is 1. The molecule has 130 valence electrons. The van der Waals surface area contributed by atoms with Crippen LogP contribution in [0, 0.1) is 6.92 Å². The molecule has 0 aliphatic rings. The van der Waals surface area contributed by atoms with Crippen molar-refractivity contribution in [1.82, 2.24) is 4.98 Å². The van der Waals surface area contributed by atoms with Gasteiger partial charge in [-0.15, -0.1) is 22.7 Å². The molecule has 0 bridgehead atoms. The standard InChI is InChI=1S/C22H20N2S2/c1-16-9-11-18(12-10-16)22-24-19(15-26-22)14-23-21(20-8-5-13-25-20)17-6-3-2-4-7-17/h2-13,15,21,23H,14H2,1H3/p+1/t21-/m1/s1. The molecule has 2 heterocycles. The average Bonchev–Trinajstić information content (AvgIpc) is 3.36. The fraction of sp³-hybridized carbons (Fsp3) is 0.136. The van der Waals surface area contributed by atoms with E-state index >= 15 is 0 Å². The zero-order chi connectivity index (χ0) is 17.8. The molecule has 2 aromatic carbocycles. The molecule has 0 saturated carbocycles. The molecule has 0 spiro atoms. The topological polar surface area (TPSA) is 29.5 Å². The second-order valence-corrected chi connectivity index (χ2v) is 8.19. The molecule has 2 nitrogen and oxygen atoms in total. The van der Waals surface area contributed by atoms with E-state index in [0.29, 0.717) is 6.04 Å². The Labute approximate surface area is 162 Å². The Morgan fingerprint density at radius 1 is 0.923 bits per heavy atom. The van der Waals surface area contributed by atoms with Crippen molar-refractivity contribution in [3.8, 4) is 10.6 Å². The van der Waals surface area contributed by atoms with E-state index in [-0.39, 0.29) is 0 Å². The molecule has 26 heavy (non-hydrogen) atoms. The van der Waals surface area contributed by atoms with Gasteiger partial charge in [0.15, 0.2) is 0 Å². The second-order valence-electron chi connectivity index (χ2n) is 6.35. The van der Waals surface area contributed by atoms with Crippen LogP contribution in [0.4, 0.5) is 0 Å². The fourth-order valence-corrected chi connectivity index (χ4v) is 4.70. The maximum absolute atomic E-state index is 4.85. The van der Waals surface area contributed by atoms with Crippen LogP contribution in [0.3, 0.4) is 0 Å². The van der Waals surface area contributed by atoms with Crippen LogP contribution in [0.15, 0.2) is 77.5 Å². The van der Waals surface area contributed by atoms with E-state index in [1.807, 2.05) is 11.3 Å². The van der Waals surface area contributed by atoms with Gasteiger partial charge in [0.25, 0.3) is 0 Å². The number of aryl methyl sites for hydroxylation is 1. The van der Waals surface area contributed by atoms with Gasteiger partial charge in [-0.3, -0.25) is 0 Å². The van der Waals surface area contributed by atoms with Crippen LogP contribution in [0.25, 0.3) is 10.6 Å². The molecule has 0 aliphatic heterocycles. The van der Waals surface area contributed by atoms with Crippen LogP contribution >= 0.6 is 22.7 Å². The third kappa shape index (κ3) is 3.93. The smallest absolute Gasteiger partial charge is 0.147 e. The van der Waals surface area contributed by atoms with Crippen molar-refractivity contribution in [2.24, 2.45) is 0 Å². The maximum atomic E-state index is 4.85. The summed E-state index contributed by atoms with van der Waals surface area (Å²) < 4.78 is 0. The summed E-state index contributed by atoms with van der Waals surface area (Å²) in [5.41, 5.74) is 4.96. The van der Waals surface area contributed by atoms with Gasteiger partial charge in [-0.05, 0) is 18.4 Å². The number of quaternary nitrogens is 1. The first kappa shape index (κ1) is 17.2. The van der Waals surface area contributed by atoms with Crippen LogP contribution in [0.5, 0.6) is 0 Å². The van der Waals surface area contributed by atoms with Crippen molar-refractivity contribution in [3.63, 3.8) is 0 Å². The predicted octanol–water partition coefficient (Wildman–Crippen LogP) is 5.03. The van der Waals surface area contributed by atoms with Gasteiger partial charge < -0.3 is 5.32 Å². The lowest BCUT2D eigenvalue weighted by molar-refractivity contribution is -0.702. The van der Waals surface area contributed by atoms with E-state index in [1.54, 1.807) is 11.3 Å². The zero-order valence-electron chi connectivity index (χ0n) is 14.6. The number of rotatable bonds is 6. The van der Waals surface area contributed by atoms with E-state index in [4.69, 9.17) is 4.98 Å². The molecule has 0 aliphatic carbocycles. The average molecular weight is 378 g/mol.